The van der Waals surface area contributed by atoms with Gasteiger partial charge in [-0.2, -0.15) is 0 Å². The van der Waals surface area contributed by atoms with E-state index in [9.17, 15) is 13.6 Å². The summed E-state index contributed by atoms with van der Waals surface area (Å²) in [7, 11) is 0. The lowest BCUT2D eigenvalue weighted by Crippen LogP contribution is -2.48. The molecule has 6 nitrogen and oxygen atoms in total. The van der Waals surface area contributed by atoms with Gasteiger partial charge < -0.3 is 19.9 Å². The summed E-state index contributed by atoms with van der Waals surface area (Å²) in [6.45, 7) is 7.73. The van der Waals surface area contributed by atoms with Gasteiger partial charge in [0, 0.05) is 37.0 Å². The zero-order valence-electron chi connectivity index (χ0n) is 23.0. The number of benzene rings is 2. The van der Waals surface area contributed by atoms with Gasteiger partial charge in [-0.05, 0) is 61.3 Å². The van der Waals surface area contributed by atoms with Crippen LogP contribution in [0.3, 0.4) is 0 Å². The summed E-state index contributed by atoms with van der Waals surface area (Å²) in [6, 6.07) is 12.8. The Balaban J connectivity index is 1.62. The molecule has 2 fully saturated rings. The van der Waals surface area contributed by atoms with Crippen molar-refractivity contribution in [3.63, 3.8) is 0 Å². The monoisotopic (exact) mass is 536 g/mol. The fourth-order valence-corrected chi connectivity index (χ4v) is 5.45. The van der Waals surface area contributed by atoms with E-state index in [2.05, 4.69) is 20.8 Å². The molecule has 0 unspecified atom stereocenters. The van der Waals surface area contributed by atoms with Gasteiger partial charge in [-0.1, -0.05) is 51.1 Å². The van der Waals surface area contributed by atoms with Gasteiger partial charge >= 0.3 is 0 Å². The molecule has 1 amide bonds. The third-order valence-corrected chi connectivity index (χ3v) is 7.82. The Labute approximate surface area is 229 Å². The molecule has 1 aliphatic carbocycles. The number of amides is 1. The van der Waals surface area contributed by atoms with Crippen molar-refractivity contribution >= 4 is 5.91 Å². The van der Waals surface area contributed by atoms with Crippen molar-refractivity contribution in [2.75, 3.05) is 13.2 Å². The molecule has 3 aromatic rings. The van der Waals surface area contributed by atoms with Crippen LogP contribution >= 0.6 is 0 Å². The summed E-state index contributed by atoms with van der Waals surface area (Å²) >= 11 is 0. The second kappa shape index (κ2) is 10.8. The largest absolute Gasteiger partial charge is 0.368 e. The van der Waals surface area contributed by atoms with Gasteiger partial charge in [-0.15, -0.1) is 0 Å². The first-order chi connectivity index (χ1) is 18.5. The summed E-state index contributed by atoms with van der Waals surface area (Å²) in [5, 5.41) is 0. The van der Waals surface area contributed by atoms with Gasteiger partial charge in [-0.25, -0.2) is 13.8 Å². The van der Waals surface area contributed by atoms with E-state index in [1.54, 1.807) is 6.20 Å². The Morgan fingerprint density at radius 1 is 1.21 bits per heavy atom. The number of nitrogens with two attached hydrogens (primary N) is 1. The van der Waals surface area contributed by atoms with Gasteiger partial charge in [0.05, 0.1) is 11.7 Å². The van der Waals surface area contributed by atoms with E-state index in [0.29, 0.717) is 44.1 Å². The summed E-state index contributed by atoms with van der Waals surface area (Å²) < 4.78 is 36.9. The third kappa shape index (κ3) is 6.23. The third-order valence-electron chi connectivity index (χ3n) is 7.82. The van der Waals surface area contributed by atoms with Crippen molar-refractivity contribution in [1.82, 2.24) is 14.5 Å². The number of rotatable bonds is 9. The van der Waals surface area contributed by atoms with Crippen LogP contribution < -0.4 is 5.73 Å². The van der Waals surface area contributed by atoms with Crippen molar-refractivity contribution < 1.29 is 18.3 Å². The summed E-state index contributed by atoms with van der Waals surface area (Å²) in [5.74, 6) is -0.529. The number of halogens is 2. The van der Waals surface area contributed by atoms with Crippen LogP contribution in [0.4, 0.5) is 8.78 Å². The number of nitrogens with zero attached hydrogens (tertiary/aromatic N) is 3. The number of imidazole rings is 1. The highest BCUT2D eigenvalue weighted by molar-refractivity contribution is 5.81. The van der Waals surface area contributed by atoms with Crippen molar-refractivity contribution in [3.05, 3.63) is 77.8 Å². The molecule has 0 spiro atoms. The van der Waals surface area contributed by atoms with E-state index >= 15 is 0 Å². The zero-order valence-corrected chi connectivity index (χ0v) is 23.0. The number of carbonyl (C=O) groups is 1. The predicted octanol–water partition coefficient (Wildman–Crippen LogP) is 5.85. The first-order valence-corrected chi connectivity index (χ1v) is 13.8. The number of hydrogen-bond donors (Lipinski definition) is 1. The number of carbonyl (C=O) groups excluding carboxylic acids is 1. The summed E-state index contributed by atoms with van der Waals surface area (Å²) in [4.78, 5) is 20.8. The Bertz CT molecular complexity index is 1310. The van der Waals surface area contributed by atoms with Crippen LogP contribution in [-0.2, 0) is 16.1 Å². The van der Waals surface area contributed by atoms with Gasteiger partial charge in [0.1, 0.15) is 23.6 Å². The highest BCUT2D eigenvalue weighted by atomic mass is 19.1. The maximum Gasteiger partial charge on any atom is 0.252 e. The molecule has 208 valence electrons. The van der Waals surface area contributed by atoms with Crippen LogP contribution in [0.25, 0.3) is 11.3 Å². The van der Waals surface area contributed by atoms with Crippen molar-refractivity contribution in [3.8, 4) is 11.3 Å². The molecule has 2 aromatic carbocycles. The van der Waals surface area contributed by atoms with E-state index in [4.69, 9.17) is 15.5 Å². The Kier molecular flexibility index (Phi) is 7.62. The molecule has 1 aromatic heterocycles. The maximum absolute atomic E-state index is 14.9. The summed E-state index contributed by atoms with van der Waals surface area (Å²) in [5.41, 5.74) is 7.25. The van der Waals surface area contributed by atoms with E-state index < -0.39 is 29.2 Å². The number of hydrogen-bond acceptors (Lipinski definition) is 4. The molecule has 8 heteroatoms. The lowest BCUT2D eigenvalue weighted by Gasteiger charge is -2.41. The minimum Gasteiger partial charge on any atom is -0.368 e. The standard InChI is InChI=1S/C31H38F2N4O2/c1-30(2,3)27(37(16-15-31(34)13-14-31)29(38)26-10-7-17-39-26)28-35-25(23-18-22(32)11-12-24(23)33)20-36(28)19-21-8-5-4-6-9-21/h4-6,8-9,11-12,18,20,26-27H,7,10,13-17,19,34H2,1-3H3/t26-,27-/m0/s1. The van der Waals surface area contributed by atoms with E-state index in [1.807, 2.05) is 39.8 Å². The van der Waals surface area contributed by atoms with Gasteiger partial charge in [0.15, 0.2) is 0 Å². The zero-order chi connectivity index (χ0) is 27.8. The molecule has 2 heterocycles. The lowest BCUT2D eigenvalue weighted by molar-refractivity contribution is -0.146. The minimum atomic E-state index is -0.550. The molecule has 0 radical (unpaired) electrons. The Hall–Kier alpha value is -3.10. The van der Waals surface area contributed by atoms with Crippen molar-refractivity contribution in [2.45, 2.75) is 77.1 Å². The molecular weight excluding hydrogens is 498 g/mol. The van der Waals surface area contributed by atoms with Crippen LogP contribution in [0, 0.1) is 17.0 Å². The highest BCUT2D eigenvalue weighted by Crippen LogP contribution is 2.42. The normalized spacial score (nSPS) is 19.2. The molecule has 5 rings (SSSR count). The number of ether oxygens (including phenoxy) is 1. The molecule has 1 aliphatic heterocycles. The van der Waals surface area contributed by atoms with Gasteiger partial charge in [0.2, 0.25) is 0 Å². The average molecular weight is 537 g/mol. The smallest absolute Gasteiger partial charge is 0.252 e. The number of aromatic nitrogens is 2. The minimum absolute atomic E-state index is 0.0653. The fraction of sp³-hybridized carbons (Fsp3) is 0.484. The van der Waals surface area contributed by atoms with Crippen LogP contribution in [0.5, 0.6) is 0 Å². The molecule has 2 aliphatic rings. The van der Waals surface area contributed by atoms with Crippen LogP contribution in [0.15, 0.2) is 54.7 Å². The summed E-state index contributed by atoms with van der Waals surface area (Å²) in [6.07, 6.45) is 5.36. The van der Waals surface area contributed by atoms with E-state index in [-0.39, 0.29) is 17.0 Å². The predicted molar refractivity (Wildman–Crippen MR) is 147 cm³/mol. The maximum atomic E-state index is 14.9. The molecule has 2 N–H and O–H groups in total. The molecular formula is C31H38F2N4O2. The Morgan fingerprint density at radius 3 is 2.59 bits per heavy atom. The second-order valence-electron chi connectivity index (χ2n) is 12.1. The SMILES string of the molecule is CC(C)(C)[C@H](c1nc(-c2cc(F)ccc2F)cn1Cc1ccccc1)N(CCC1(N)CC1)C(=O)[C@@H]1CCCO1. The highest BCUT2D eigenvalue weighted by Gasteiger charge is 2.44. The van der Waals surface area contributed by atoms with Crippen LogP contribution in [0.1, 0.15) is 70.3 Å². The van der Waals surface area contributed by atoms with Crippen LogP contribution in [0.2, 0.25) is 0 Å². The first kappa shape index (κ1) is 27.5. The molecule has 0 bridgehead atoms. The average Bonchev–Trinajstić information content (AvgIpc) is 3.26. The Morgan fingerprint density at radius 2 is 1.95 bits per heavy atom. The van der Waals surface area contributed by atoms with E-state index in [1.165, 1.54) is 6.07 Å². The van der Waals surface area contributed by atoms with Gasteiger partial charge in [-0.3, -0.25) is 4.79 Å². The van der Waals surface area contributed by atoms with Crippen molar-refractivity contribution in [2.24, 2.45) is 11.1 Å². The van der Waals surface area contributed by atoms with Gasteiger partial charge in [0.25, 0.3) is 5.91 Å². The first-order valence-electron chi connectivity index (χ1n) is 13.8. The molecule has 1 saturated carbocycles. The lowest BCUT2D eigenvalue weighted by atomic mass is 9.84. The fourth-order valence-electron chi connectivity index (χ4n) is 5.45. The molecule has 1 saturated heterocycles. The van der Waals surface area contributed by atoms with Crippen LogP contribution in [-0.4, -0.2) is 45.2 Å². The van der Waals surface area contributed by atoms with E-state index in [0.717, 1.165) is 37.0 Å². The second-order valence-corrected chi connectivity index (χ2v) is 12.1. The molecule has 2 atom stereocenters. The van der Waals surface area contributed by atoms with Crippen molar-refractivity contribution in [1.29, 1.82) is 0 Å². The molecule has 39 heavy (non-hydrogen) atoms. The topological polar surface area (TPSA) is 73.4 Å². The quantitative estimate of drug-likeness (QED) is 0.372.